The second-order valence-corrected chi connectivity index (χ2v) is 4.77. The van der Waals surface area contributed by atoms with E-state index in [1.165, 1.54) is 0 Å². The summed E-state index contributed by atoms with van der Waals surface area (Å²) in [5.74, 6) is -0.986. The first-order chi connectivity index (χ1) is 7.61. The number of carbonyl (C=O) groups is 1. The number of rotatable bonds is 6. The summed E-state index contributed by atoms with van der Waals surface area (Å²) in [6.45, 7) is 3.71. The van der Waals surface area contributed by atoms with Gasteiger partial charge in [-0.3, -0.25) is 0 Å². The summed E-state index contributed by atoms with van der Waals surface area (Å²) in [6.07, 6.45) is 0.971. The molecule has 1 unspecified atom stereocenters. The molecule has 0 aliphatic rings. The number of benzene rings is 1. The Bertz CT molecular complexity index is 337. The molecule has 0 heterocycles. The van der Waals surface area contributed by atoms with Gasteiger partial charge >= 0.3 is 0 Å². The number of carboxylic acids is 1. The molecule has 1 rings (SSSR count). The maximum Gasteiger partial charge on any atom is 0.118 e. The van der Waals surface area contributed by atoms with Gasteiger partial charge in [-0.2, -0.15) is 0 Å². The molecule has 3 nitrogen and oxygen atoms in total. The van der Waals surface area contributed by atoms with Gasteiger partial charge in [-0.1, -0.05) is 35.0 Å². The third-order valence-electron chi connectivity index (χ3n) is 2.37. The summed E-state index contributed by atoms with van der Waals surface area (Å²) in [7, 11) is 0. The Morgan fingerprint density at radius 1 is 1.38 bits per heavy atom. The van der Waals surface area contributed by atoms with E-state index < -0.39 is 5.97 Å². The van der Waals surface area contributed by atoms with Crippen molar-refractivity contribution in [1.82, 2.24) is 0 Å². The van der Waals surface area contributed by atoms with Crippen molar-refractivity contribution in [2.45, 2.75) is 19.9 Å². The van der Waals surface area contributed by atoms with Crippen LogP contribution in [-0.2, 0) is 11.3 Å². The standard InChI is InChI=1S/C12H16BrNO2/c1-2-7-14(9-12(15)16)8-10-3-5-11(13)6-4-10/h3-6H,2,7-9H2,1H3,(H,15,16). The predicted octanol–water partition coefficient (Wildman–Crippen LogP) is -0.00610. The second-order valence-electron chi connectivity index (χ2n) is 3.85. The zero-order valence-electron chi connectivity index (χ0n) is 9.33. The highest BCUT2D eigenvalue weighted by atomic mass is 79.9. The Labute approximate surface area is 104 Å². The van der Waals surface area contributed by atoms with Crippen molar-refractivity contribution in [3.63, 3.8) is 0 Å². The van der Waals surface area contributed by atoms with Crippen LogP contribution in [0.3, 0.4) is 0 Å². The lowest BCUT2D eigenvalue weighted by Gasteiger charge is -2.19. The summed E-state index contributed by atoms with van der Waals surface area (Å²) in [5.41, 5.74) is 1.15. The van der Waals surface area contributed by atoms with E-state index in [9.17, 15) is 9.90 Å². The molecular formula is C12H16BrNO2. The van der Waals surface area contributed by atoms with Crippen LogP contribution in [0.4, 0.5) is 0 Å². The molecule has 88 valence electrons. The van der Waals surface area contributed by atoms with Crippen LogP contribution in [0.15, 0.2) is 28.7 Å². The van der Waals surface area contributed by atoms with E-state index in [2.05, 4.69) is 22.9 Å². The van der Waals surface area contributed by atoms with Crippen molar-refractivity contribution in [2.75, 3.05) is 13.1 Å². The van der Waals surface area contributed by atoms with Gasteiger partial charge in [-0.05, 0) is 18.6 Å². The highest BCUT2D eigenvalue weighted by Gasteiger charge is 2.08. The molecule has 0 aromatic heterocycles. The summed E-state index contributed by atoms with van der Waals surface area (Å²) in [5, 5.41) is 10.6. The number of hydrogen-bond acceptors (Lipinski definition) is 2. The molecule has 1 aromatic carbocycles. The topological polar surface area (TPSA) is 44.6 Å². The zero-order chi connectivity index (χ0) is 12.0. The van der Waals surface area contributed by atoms with Crippen molar-refractivity contribution in [3.05, 3.63) is 34.3 Å². The monoisotopic (exact) mass is 285 g/mol. The zero-order valence-corrected chi connectivity index (χ0v) is 10.9. The third kappa shape index (κ3) is 4.77. The second kappa shape index (κ2) is 6.66. The van der Waals surface area contributed by atoms with Gasteiger partial charge in [-0.25, -0.2) is 0 Å². The van der Waals surface area contributed by atoms with E-state index in [4.69, 9.17) is 0 Å². The largest absolute Gasteiger partial charge is 0.544 e. The fourth-order valence-electron chi connectivity index (χ4n) is 1.69. The minimum atomic E-state index is -0.986. The normalized spacial score (nSPS) is 12.4. The SMILES string of the molecule is CCC[NH+](CC(=O)[O-])Cc1ccc(Br)cc1. The van der Waals surface area contributed by atoms with Crippen molar-refractivity contribution >= 4 is 21.9 Å². The Balaban J connectivity index is 2.59. The molecule has 4 heteroatoms. The van der Waals surface area contributed by atoms with Gasteiger partial charge in [0.2, 0.25) is 0 Å². The van der Waals surface area contributed by atoms with Crippen molar-refractivity contribution in [1.29, 1.82) is 0 Å². The predicted molar refractivity (Wildman–Crippen MR) is 63.8 cm³/mol. The molecule has 0 radical (unpaired) electrons. The maximum absolute atomic E-state index is 10.6. The van der Waals surface area contributed by atoms with Crippen LogP contribution >= 0.6 is 15.9 Å². The van der Waals surface area contributed by atoms with E-state index in [-0.39, 0.29) is 6.54 Å². The van der Waals surface area contributed by atoms with E-state index in [0.29, 0.717) is 0 Å². The molecule has 1 N–H and O–H groups in total. The summed E-state index contributed by atoms with van der Waals surface area (Å²) < 4.78 is 1.04. The van der Waals surface area contributed by atoms with Gasteiger partial charge in [0.25, 0.3) is 0 Å². The molecular weight excluding hydrogens is 270 g/mol. The highest BCUT2D eigenvalue weighted by Crippen LogP contribution is 2.09. The number of carbonyl (C=O) groups excluding carboxylic acids is 1. The number of hydrogen-bond donors (Lipinski definition) is 1. The summed E-state index contributed by atoms with van der Waals surface area (Å²) in [4.78, 5) is 11.6. The molecule has 0 fully saturated rings. The molecule has 16 heavy (non-hydrogen) atoms. The van der Waals surface area contributed by atoms with E-state index >= 15 is 0 Å². The number of halogens is 1. The summed E-state index contributed by atoms with van der Waals surface area (Å²) in [6, 6.07) is 7.96. The van der Waals surface area contributed by atoms with Crippen molar-refractivity contribution in [2.24, 2.45) is 0 Å². The lowest BCUT2D eigenvalue weighted by molar-refractivity contribution is -0.908. The van der Waals surface area contributed by atoms with Crippen LogP contribution < -0.4 is 10.0 Å². The van der Waals surface area contributed by atoms with Gasteiger partial charge in [-0.15, -0.1) is 0 Å². The Morgan fingerprint density at radius 3 is 2.50 bits per heavy atom. The Kier molecular flexibility index (Phi) is 5.49. The first kappa shape index (κ1) is 13.2. The first-order valence-corrected chi connectivity index (χ1v) is 6.19. The number of aliphatic carboxylic acids is 1. The molecule has 0 amide bonds. The lowest BCUT2D eigenvalue weighted by atomic mass is 10.2. The Hall–Kier alpha value is -0.870. The Morgan fingerprint density at radius 2 is 2.00 bits per heavy atom. The van der Waals surface area contributed by atoms with E-state index in [0.717, 1.165) is 34.4 Å². The molecule has 0 bridgehead atoms. The first-order valence-electron chi connectivity index (χ1n) is 5.39. The minimum absolute atomic E-state index is 0.0733. The summed E-state index contributed by atoms with van der Waals surface area (Å²) >= 11 is 3.37. The van der Waals surface area contributed by atoms with Crippen molar-refractivity contribution in [3.8, 4) is 0 Å². The van der Waals surface area contributed by atoms with Gasteiger partial charge < -0.3 is 14.8 Å². The molecule has 0 spiro atoms. The maximum atomic E-state index is 10.6. The smallest absolute Gasteiger partial charge is 0.118 e. The molecule has 0 aliphatic heterocycles. The highest BCUT2D eigenvalue weighted by molar-refractivity contribution is 9.10. The van der Waals surface area contributed by atoms with Gasteiger partial charge in [0, 0.05) is 10.0 Å². The van der Waals surface area contributed by atoms with E-state index in [1.807, 2.05) is 24.3 Å². The average molecular weight is 286 g/mol. The fraction of sp³-hybridized carbons (Fsp3) is 0.417. The molecule has 1 aromatic rings. The fourth-order valence-corrected chi connectivity index (χ4v) is 1.95. The molecule has 0 aliphatic carbocycles. The van der Waals surface area contributed by atoms with Gasteiger partial charge in [0.05, 0.1) is 12.5 Å². The minimum Gasteiger partial charge on any atom is -0.544 e. The van der Waals surface area contributed by atoms with Crippen LogP contribution in [0, 0.1) is 0 Å². The van der Waals surface area contributed by atoms with Crippen LogP contribution in [0.1, 0.15) is 18.9 Å². The van der Waals surface area contributed by atoms with Crippen molar-refractivity contribution < 1.29 is 14.8 Å². The lowest BCUT2D eigenvalue weighted by Crippen LogP contribution is -3.12. The number of quaternary nitrogens is 1. The molecule has 0 saturated carbocycles. The quantitative estimate of drug-likeness (QED) is 0.799. The number of carboxylic acid groups (broad SMARTS) is 1. The van der Waals surface area contributed by atoms with Crippen LogP contribution in [-0.4, -0.2) is 19.1 Å². The van der Waals surface area contributed by atoms with E-state index in [1.54, 1.807) is 0 Å². The van der Waals surface area contributed by atoms with Crippen LogP contribution in [0.2, 0.25) is 0 Å². The van der Waals surface area contributed by atoms with Gasteiger partial charge in [0.15, 0.2) is 0 Å². The average Bonchev–Trinajstić information content (AvgIpc) is 2.21. The number of nitrogens with one attached hydrogen (secondary N) is 1. The van der Waals surface area contributed by atoms with Crippen LogP contribution in [0.25, 0.3) is 0 Å². The van der Waals surface area contributed by atoms with Gasteiger partial charge in [0.1, 0.15) is 13.1 Å². The third-order valence-corrected chi connectivity index (χ3v) is 2.89. The molecule has 1 atom stereocenters. The molecule has 0 saturated heterocycles. The van der Waals surface area contributed by atoms with Crippen LogP contribution in [0.5, 0.6) is 0 Å².